The lowest BCUT2D eigenvalue weighted by atomic mass is 10.1. The summed E-state index contributed by atoms with van der Waals surface area (Å²) in [5, 5.41) is 5.63. The number of para-hydroxylation sites is 3. The van der Waals surface area contributed by atoms with Gasteiger partial charge in [0.25, 0.3) is 5.56 Å². The lowest BCUT2D eigenvalue weighted by molar-refractivity contribution is -0.118. The quantitative estimate of drug-likeness (QED) is 0.477. The maximum absolute atomic E-state index is 13.7. The van der Waals surface area contributed by atoms with Gasteiger partial charge in [-0.15, -0.1) is 0 Å². The maximum Gasteiger partial charge on any atom is 0.278 e. The average molecular weight is 441 g/mol. The van der Waals surface area contributed by atoms with E-state index in [0.29, 0.717) is 28.0 Å². The minimum atomic E-state index is -0.807. The molecule has 0 saturated carbocycles. The summed E-state index contributed by atoms with van der Waals surface area (Å²) in [7, 11) is 0. The van der Waals surface area contributed by atoms with Crippen molar-refractivity contribution in [3.05, 3.63) is 88.7 Å². The molecule has 1 aromatic heterocycles. The Morgan fingerprint density at radius 1 is 0.939 bits per heavy atom. The molecule has 0 spiro atoms. The topological polar surface area (TPSA) is 93.1 Å². The lowest BCUT2D eigenvalue weighted by Gasteiger charge is -2.19. The normalized spacial score (nSPS) is 11.7. The van der Waals surface area contributed by atoms with E-state index in [1.807, 2.05) is 43.3 Å². The zero-order valence-electron chi connectivity index (χ0n) is 18.6. The SMILES string of the molecule is CC(=O)Nc1ccc(C)cc1-c1nc2ccccc2n([C@H](C)C(=O)Nc2ccccc2)c1=O. The second kappa shape index (κ2) is 9.08. The van der Waals surface area contributed by atoms with Crippen molar-refractivity contribution in [2.45, 2.75) is 26.8 Å². The smallest absolute Gasteiger partial charge is 0.278 e. The van der Waals surface area contributed by atoms with E-state index in [1.54, 1.807) is 43.3 Å². The molecule has 0 saturated heterocycles. The van der Waals surface area contributed by atoms with E-state index in [9.17, 15) is 14.4 Å². The summed E-state index contributed by atoms with van der Waals surface area (Å²) < 4.78 is 1.45. The Balaban J connectivity index is 1.89. The number of carbonyl (C=O) groups is 2. The summed E-state index contributed by atoms with van der Waals surface area (Å²) in [4.78, 5) is 43.2. The molecule has 3 aromatic carbocycles. The zero-order valence-corrected chi connectivity index (χ0v) is 18.6. The van der Waals surface area contributed by atoms with Crippen molar-refractivity contribution in [1.29, 1.82) is 0 Å². The van der Waals surface area contributed by atoms with Gasteiger partial charge in [0.05, 0.1) is 16.7 Å². The molecule has 166 valence electrons. The maximum atomic E-state index is 13.7. The van der Waals surface area contributed by atoms with E-state index in [2.05, 4.69) is 15.6 Å². The highest BCUT2D eigenvalue weighted by atomic mass is 16.2. The number of anilines is 2. The van der Waals surface area contributed by atoms with Crippen molar-refractivity contribution >= 4 is 34.2 Å². The number of nitrogens with one attached hydrogen (secondary N) is 2. The molecule has 1 heterocycles. The predicted octanol–water partition coefficient (Wildman–Crippen LogP) is 4.53. The van der Waals surface area contributed by atoms with Crippen molar-refractivity contribution in [2.75, 3.05) is 10.6 Å². The first-order valence-corrected chi connectivity index (χ1v) is 10.6. The molecule has 4 rings (SSSR count). The van der Waals surface area contributed by atoms with Gasteiger partial charge in [-0.2, -0.15) is 0 Å². The Labute approximate surface area is 191 Å². The van der Waals surface area contributed by atoms with Crippen LogP contribution in [-0.4, -0.2) is 21.4 Å². The first-order valence-electron chi connectivity index (χ1n) is 10.6. The minimum absolute atomic E-state index is 0.167. The van der Waals surface area contributed by atoms with Crippen LogP contribution >= 0.6 is 0 Å². The molecule has 7 heteroatoms. The molecule has 0 radical (unpaired) electrons. The number of carbonyl (C=O) groups excluding carboxylic acids is 2. The minimum Gasteiger partial charge on any atom is -0.326 e. The molecule has 2 amide bonds. The molecule has 0 fully saturated rings. The summed E-state index contributed by atoms with van der Waals surface area (Å²) in [5.74, 6) is -0.575. The van der Waals surface area contributed by atoms with Gasteiger partial charge in [-0.1, -0.05) is 42.0 Å². The molecule has 33 heavy (non-hydrogen) atoms. The summed E-state index contributed by atoms with van der Waals surface area (Å²) >= 11 is 0. The summed E-state index contributed by atoms with van der Waals surface area (Å²) in [6, 6.07) is 20.9. The highest BCUT2D eigenvalue weighted by Gasteiger charge is 2.23. The van der Waals surface area contributed by atoms with Gasteiger partial charge in [-0.3, -0.25) is 19.0 Å². The first kappa shape index (κ1) is 22.0. The van der Waals surface area contributed by atoms with E-state index in [-0.39, 0.29) is 17.5 Å². The molecule has 0 unspecified atom stereocenters. The van der Waals surface area contributed by atoms with Crippen LogP contribution in [0.1, 0.15) is 25.5 Å². The fourth-order valence-corrected chi connectivity index (χ4v) is 3.75. The van der Waals surface area contributed by atoms with Crippen LogP contribution in [0.2, 0.25) is 0 Å². The van der Waals surface area contributed by atoms with Gasteiger partial charge < -0.3 is 10.6 Å². The van der Waals surface area contributed by atoms with Crippen molar-refractivity contribution in [3.63, 3.8) is 0 Å². The molecular weight excluding hydrogens is 416 g/mol. The van der Waals surface area contributed by atoms with Gasteiger partial charge >= 0.3 is 0 Å². The summed E-state index contributed by atoms with van der Waals surface area (Å²) in [6.45, 7) is 4.99. The summed E-state index contributed by atoms with van der Waals surface area (Å²) in [5.41, 5.74) is 3.42. The van der Waals surface area contributed by atoms with Crippen LogP contribution in [0.5, 0.6) is 0 Å². The lowest BCUT2D eigenvalue weighted by Crippen LogP contribution is -2.33. The molecule has 1 atom stereocenters. The average Bonchev–Trinajstić information content (AvgIpc) is 2.80. The van der Waals surface area contributed by atoms with Gasteiger partial charge in [0.2, 0.25) is 11.8 Å². The fraction of sp³-hybridized carbons (Fsp3) is 0.154. The van der Waals surface area contributed by atoms with Gasteiger partial charge in [-0.25, -0.2) is 4.98 Å². The van der Waals surface area contributed by atoms with Crippen LogP contribution in [0.25, 0.3) is 22.3 Å². The molecule has 0 aliphatic carbocycles. The number of aromatic nitrogens is 2. The second-order valence-corrected chi connectivity index (χ2v) is 7.89. The van der Waals surface area contributed by atoms with Crippen molar-refractivity contribution in [3.8, 4) is 11.3 Å². The van der Waals surface area contributed by atoms with Gasteiger partial charge in [0, 0.05) is 18.2 Å². The summed E-state index contributed by atoms with van der Waals surface area (Å²) in [6.07, 6.45) is 0. The van der Waals surface area contributed by atoms with E-state index >= 15 is 0 Å². The van der Waals surface area contributed by atoms with Gasteiger partial charge in [-0.05, 0) is 50.2 Å². The fourth-order valence-electron chi connectivity index (χ4n) is 3.75. The number of hydrogen-bond acceptors (Lipinski definition) is 4. The van der Waals surface area contributed by atoms with E-state index in [4.69, 9.17) is 0 Å². The molecule has 4 aromatic rings. The number of rotatable bonds is 5. The number of nitrogens with zero attached hydrogens (tertiary/aromatic N) is 2. The predicted molar refractivity (Wildman–Crippen MR) is 130 cm³/mol. The molecule has 7 nitrogen and oxygen atoms in total. The van der Waals surface area contributed by atoms with Crippen LogP contribution < -0.4 is 16.2 Å². The Hall–Kier alpha value is -4.26. The van der Waals surface area contributed by atoms with Crippen molar-refractivity contribution in [2.24, 2.45) is 0 Å². The first-order chi connectivity index (χ1) is 15.8. The van der Waals surface area contributed by atoms with Crippen LogP contribution in [0.4, 0.5) is 11.4 Å². The van der Waals surface area contributed by atoms with Crippen LogP contribution in [-0.2, 0) is 9.59 Å². The molecule has 0 aliphatic rings. The number of benzene rings is 3. The van der Waals surface area contributed by atoms with E-state index in [1.165, 1.54) is 11.5 Å². The standard InChI is InChI=1S/C26H24N4O3/c1-16-13-14-21(27-18(3)31)20(15-16)24-26(33)30(23-12-8-7-11-22(23)29-24)17(2)25(32)28-19-9-5-4-6-10-19/h4-15,17H,1-3H3,(H,27,31)(H,28,32)/t17-/m1/s1. The third-order valence-electron chi connectivity index (χ3n) is 5.34. The Bertz CT molecular complexity index is 1410. The monoisotopic (exact) mass is 440 g/mol. The van der Waals surface area contributed by atoms with Crippen molar-refractivity contribution < 1.29 is 9.59 Å². The van der Waals surface area contributed by atoms with Crippen LogP contribution in [0.3, 0.4) is 0 Å². The highest BCUT2D eigenvalue weighted by molar-refractivity contribution is 5.96. The van der Waals surface area contributed by atoms with E-state index < -0.39 is 11.6 Å². The molecular formula is C26H24N4O3. The Morgan fingerprint density at radius 2 is 1.64 bits per heavy atom. The number of amides is 2. The van der Waals surface area contributed by atoms with Gasteiger partial charge in [0.1, 0.15) is 11.7 Å². The molecule has 2 N–H and O–H groups in total. The van der Waals surface area contributed by atoms with Crippen LogP contribution in [0.15, 0.2) is 77.6 Å². The second-order valence-electron chi connectivity index (χ2n) is 7.89. The van der Waals surface area contributed by atoms with Crippen LogP contribution in [0, 0.1) is 6.92 Å². The zero-order chi connectivity index (χ0) is 23.5. The highest BCUT2D eigenvalue weighted by Crippen LogP contribution is 2.28. The third-order valence-corrected chi connectivity index (χ3v) is 5.34. The van der Waals surface area contributed by atoms with E-state index in [0.717, 1.165) is 5.56 Å². The van der Waals surface area contributed by atoms with Crippen molar-refractivity contribution in [1.82, 2.24) is 9.55 Å². The third kappa shape index (κ3) is 4.52. The van der Waals surface area contributed by atoms with Gasteiger partial charge in [0.15, 0.2) is 0 Å². The Morgan fingerprint density at radius 3 is 2.36 bits per heavy atom. The molecule has 0 bridgehead atoms. The largest absolute Gasteiger partial charge is 0.326 e. The number of fused-ring (bicyclic) bond motifs is 1. The number of aryl methyl sites for hydroxylation is 1. The molecule has 0 aliphatic heterocycles. The Kier molecular flexibility index (Phi) is 6.04. The number of hydrogen-bond donors (Lipinski definition) is 2.